The molecule has 0 aromatic heterocycles. The fraction of sp³-hybridized carbons (Fsp3) is 0.600. The molecule has 0 radical (unpaired) electrons. The standard InChI is InChI=1S/C23H31NO2.C22H34N2O2/c1-22(2,3)20-14-19(15-24(20)23(4,5)6)26-21(25)18-12-11-16-9-7-8-10-17(16)13-18;1-21(2,3)19-13-18(15-24(19)22(4,5)6)26-20(25)23-12-11-16-9-7-8-10-17(16)14-23/h7-13,19-20H,14-15H2,1-6H3;7-10,18-19H,11-15H2,1-6H3. The van der Waals surface area contributed by atoms with Gasteiger partial charge in [-0.15, -0.1) is 0 Å². The van der Waals surface area contributed by atoms with Gasteiger partial charge < -0.3 is 14.4 Å². The zero-order chi connectivity index (χ0) is 38.2. The van der Waals surface area contributed by atoms with Crippen LogP contribution in [0.1, 0.15) is 117 Å². The number of fused-ring (bicyclic) bond motifs is 2. The molecule has 0 spiro atoms. The minimum Gasteiger partial charge on any atom is -0.457 e. The minimum absolute atomic E-state index is 0.0249. The summed E-state index contributed by atoms with van der Waals surface area (Å²) in [6, 6.07) is 23.0. The zero-order valence-corrected chi connectivity index (χ0v) is 34.1. The Morgan fingerprint density at radius 3 is 1.63 bits per heavy atom. The number of amides is 1. The third-order valence-electron chi connectivity index (χ3n) is 11.2. The molecular formula is C45H65N3O4. The summed E-state index contributed by atoms with van der Waals surface area (Å²) in [7, 11) is 0. The molecule has 4 atom stereocenters. The number of esters is 1. The van der Waals surface area contributed by atoms with Gasteiger partial charge in [-0.25, -0.2) is 9.59 Å². The second-order valence-electron chi connectivity index (χ2n) is 19.4. The van der Waals surface area contributed by atoms with Crippen molar-refractivity contribution in [3.63, 3.8) is 0 Å². The molecule has 1 amide bonds. The first-order valence-electron chi connectivity index (χ1n) is 19.4. The Balaban J connectivity index is 0.000000201. The maximum atomic E-state index is 12.8. The van der Waals surface area contributed by atoms with Crippen LogP contribution in [-0.2, 0) is 22.4 Å². The van der Waals surface area contributed by atoms with Gasteiger partial charge in [-0.1, -0.05) is 96.1 Å². The first-order valence-corrected chi connectivity index (χ1v) is 19.4. The highest BCUT2D eigenvalue weighted by Crippen LogP contribution is 2.40. The summed E-state index contributed by atoms with van der Waals surface area (Å²) in [5.41, 5.74) is 3.67. The highest BCUT2D eigenvalue weighted by Gasteiger charge is 2.46. The van der Waals surface area contributed by atoms with Crippen LogP contribution in [0.3, 0.4) is 0 Å². The van der Waals surface area contributed by atoms with Crippen molar-refractivity contribution >= 4 is 22.8 Å². The Morgan fingerprint density at radius 1 is 0.615 bits per heavy atom. The Hall–Kier alpha value is -3.42. The molecule has 3 aromatic rings. The number of carbonyl (C=O) groups excluding carboxylic acids is 2. The lowest BCUT2D eigenvalue weighted by Crippen LogP contribution is -2.49. The third kappa shape index (κ3) is 9.57. The second-order valence-corrected chi connectivity index (χ2v) is 19.4. The molecule has 52 heavy (non-hydrogen) atoms. The Morgan fingerprint density at radius 2 is 1.12 bits per heavy atom. The predicted octanol–water partition coefficient (Wildman–Crippen LogP) is 9.75. The smallest absolute Gasteiger partial charge is 0.410 e. The maximum absolute atomic E-state index is 12.8. The van der Waals surface area contributed by atoms with Crippen LogP contribution >= 0.6 is 0 Å². The van der Waals surface area contributed by atoms with Crippen LogP contribution in [0.25, 0.3) is 10.8 Å². The lowest BCUT2D eigenvalue weighted by atomic mass is 9.83. The molecule has 4 unspecified atom stereocenters. The molecule has 2 fully saturated rings. The van der Waals surface area contributed by atoms with Crippen LogP contribution in [0.5, 0.6) is 0 Å². The highest BCUT2D eigenvalue weighted by atomic mass is 16.6. The quantitative estimate of drug-likeness (QED) is 0.252. The van der Waals surface area contributed by atoms with Gasteiger partial charge in [0.05, 0.1) is 5.56 Å². The van der Waals surface area contributed by atoms with Crippen LogP contribution in [0.2, 0.25) is 0 Å². The van der Waals surface area contributed by atoms with Gasteiger partial charge in [-0.3, -0.25) is 9.80 Å². The normalized spacial score (nSPS) is 23.2. The molecule has 3 aliphatic rings. The molecule has 3 aromatic carbocycles. The van der Waals surface area contributed by atoms with Crippen LogP contribution in [0, 0.1) is 10.8 Å². The van der Waals surface area contributed by atoms with E-state index < -0.39 is 0 Å². The molecule has 0 aliphatic carbocycles. The SMILES string of the molecule is CC(C)(C)C1CC(OC(=O)N2CCc3ccccc3C2)CN1C(C)(C)C.CC(C)(C)C1CC(OC(=O)c2ccc3ccccc3c2)CN1C(C)(C)C. The third-order valence-corrected chi connectivity index (χ3v) is 11.2. The largest absolute Gasteiger partial charge is 0.457 e. The van der Waals surface area contributed by atoms with Crippen molar-refractivity contribution in [3.8, 4) is 0 Å². The summed E-state index contributed by atoms with van der Waals surface area (Å²) in [5.74, 6) is -0.218. The summed E-state index contributed by atoms with van der Waals surface area (Å²) in [5, 5.41) is 2.20. The number of hydrogen-bond acceptors (Lipinski definition) is 6. The molecule has 7 nitrogen and oxygen atoms in total. The lowest BCUT2D eigenvalue weighted by molar-refractivity contribution is 0.0279. The van der Waals surface area contributed by atoms with Gasteiger partial charge >= 0.3 is 12.1 Å². The van der Waals surface area contributed by atoms with E-state index in [0.29, 0.717) is 24.2 Å². The zero-order valence-electron chi connectivity index (χ0n) is 34.1. The van der Waals surface area contributed by atoms with Crippen molar-refractivity contribution in [2.45, 2.75) is 144 Å². The van der Waals surface area contributed by atoms with E-state index in [2.05, 4.69) is 117 Å². The van der Waals surface area contributed by atoms with E-state index in [1.165, 1.54) is 11.1 Å². The molecule has 6 rings (SSSR count). The summed E-state index contributed by atoms with van der Waals surface area (Å²) in [4.78, 5) is 32.3. The van der Waals surface area contributed by atoms with E-state index in [-0.39, 0.29) is 46.2 Å². The minimum atomic E-state index is -0.218. The van der Waals surface area contributed by atoms with E-state index in [4.69, 9.17) is 9.47 Å². The fourth-order valence-corrected chi connectivity index (χ4v) is 8.29. The van der Waals surface area contributed by atoms with Crippen LogP contribution in [0.4, 0.5) is 4.79 Å². The number of nitrogens with zero attached hydrogens (tertiary/aromatic N) is 3. The Kier molecular flexibility index (Phi) is 11.6. The molecule has 284 valence electrons. The summed E-state index contributed by atoms with van der Waals surface area (Å²) in [6.45, 7) is 30.1. The number of carbonyl (C=O) groups is 2. The van der Waals surface area contributed by atoms with Crippen molar-refractivity contribution in [1.82, 2.24) is 14.7 Å². The molecule has 3 heterocycles. The van der Waals surface area contributed by atoms with E-state index in [1.54, 1.807) is 0 Å². The van der Waals surface area contributed by atoms with E-state index in [9.17, 15) is 9.59 Å². The van der Waals surface area contributed by atoms with E-state index >= 15 is 0 Å². The average Bonchev–Trinajstić information content (AvgIpc) is 3.70. The fourth-order valence-electron chi connectivity index (χ4n) is 8.29. The first-order chi connectivity index (χ1) is 24.1. The van der Waals surface area contributed by atoms with E-state index in [1.807, 2.05) is 47.4 Å². The number of rotatable bonds is 3. The van der Waals surface area contributed by atoms with Crippen molar-refractivity contribution in [2.24, 2.45) is 10.8 Å². The maximum Gasteiger partial charge on any atom is 0.410 e. The van der Waals surface area contributed by atoms with Gasteiger partial charge in [0.25, 0.3) is 0 Å². The Labute approximate surface area is 314 Å². The van der Waals surface area contributed by atoms with Crippen molar-refractivity contribution < 1.29 is 19.1 Å². The average molecular weight is 712 g/mol. The van der Waals surface area contributed by atoms with Crippen LogP contribution in [0.15, 0.2) is 66.7 Å². The van der Waals surface area contributed by atoms with Gasteiger partial charge in [0, 0.05) is 62.2 Å². The Bertz CT molecular complexity index is 1660. The molecular weight excluding hydrogens is 647 g/mol. The monoisotopic (exact) mass is 711 g/mol. The summed E-state index contributed by atoms with van der Waals surface area (Å²) < 4.78 is 11.9. The van der Waals surface area contributed by atoms with Gasteiger partial charge in [0.1, 0.15) is 12.2 Å². The van der Waals surface area contributed by atoms with Crippen molar-refractivity contribution in [1.29, 1.82) is 0 Å². The molecule has 7 heteroatoms. The second kappa shape index (κ2) is 15.1. The molecule has 2 saturated heterocycles. The van der Waals surface area contributed by atoms with Gasteiger partial charge in [-0.05, 0) is 92.8 Å². The van der Waals surface area contributed by atoms with Crippen LogP contribution in [-0.4, -0.2) is 81.8 Å². The number of benzene rings is 3. The van der Waals surface area contributed by atoms with Gasteiger partial charge in [0.2, 0.25) is 0 Å². The summed E-state index contributed by atoms with van der Waals surface area (Å²) >= 11 is 0. The number of hydrogen-bond donors (Lipinski definition) is 0. The summed E-state index contributed by atoms with van der Waals surface area (Å²) in [6.07, 6.45) is 2.47. The highest BCUT2D eigenvalue weighted by molar-refractivity contribution is 5.95. The topological polar surface area (TPSA) is 62.3 Å². The van der Waals surface area contributed by atoms with E-state index in [0.717, 1.165) is 49.7 Å². The molecule has 0 saturated carbocycles. The van der Waals surface area contributed by atoms with Crippen molar-refractivity contribution in [2.75, 3.05) is 19.6 Å². The number of ether oxygens (including phenoxy) is 2. The molecule has 0 bridgehead atoms. The predicted molar refractivity (Wildman–Crippen MR) is 213 cm³/mol. The first kappa shape index (κ1) is 39.8. The number of likely N-dealkylation sites (tertiary alicyclic amines) is 2. The van der Waals surface area contributed by atoms with Gasteiger partial charge in [-0.2, -0.15) is 0 Å². The van der Waals surface area contributed by atoms with Gasteiger partial charge in [0.15, 0.2) is 0 Å². The van der Waals surface area contributed by atoms with Crippen molar-refractivity contribution in [3.05, 3.63) is 83.4 Å². The lowest BCUT2D eigenvalue weighted by Gasteiger charge is -2.42. The molecule has 0 N–H and O–H groups in total. The molecule has 3 aliphatic heterocycles. The van der Waals surface area contributed by atoms with Crippen LogP contribution < -0.4 is 0 Å².